The number of methoxy groups -OCH3 is 1. The summed E-state index contributed by atoms with van der Waals surface area (Å²) in [5.74, 6) is -2.44. The normalized spacial score (nSPS) is 10.6. The molecule has 0 aliphatic carbocycles. The molecular formula is C25H22FIN4O5. The number of benzene rings is 3. The number of nitrogens with one attached hydrogen (secondary N) is 3. The van der Waals surface area contributed by atoms with Crippen LogP contribution in [0.15, 0.2) is 65.8 Å². The zero-order valence-corrected chi connectivity index (χ0v) is 21.5. The van der Waals surface area contributed by atoms with Gasteiger partial charge in [0.1, 0.15) is 5.82 Å². The van der Waals surface area contributed by atoms with Crippen LogP contribution in [0.1, 0.15) is 11.1 Å². The summed E-state index contributed by atoms with van der Waals surface area (Å²) in [4.78, 5) is 36.2. The molecule has 0 saturated heterocycles. The Morgan fingerprint density at radius 2 is 1.81 bits per heavy atom. The second kappa shape index (κ2) is 12.6. The summed E-state index contributed by atoms with van der Waals surface area (Å²) in [5.41, 5.74) is 4.17. The molecule has 9 nitrogen and oxygen atoms in total. The van der Waals surface area contributed by atoms with Gasteiger partial charge < -0.3 is 20.1 Å². The second-order valence-corrected chi connectivity index (χ2v) is 8.54. The lowest BCUT2D eigenvalue weighted by molar-refractivity contribution is -0.136. The zero-order valence-electron chi connectivity index (χ0n) is 19.3. The topological polar surface area (TPSA) is 118 Å². The van der Waals surface area contributed by atoms with Crippen LogP contribution in [0.2, 0.25) is 0 Å². The van der Waals surface area contributed by atoms with E-state index in [1.807, 2.05) is 47.7 Å². The fourth-order valence-electron chi connectivity index (χ4n) is 2.97. The number of para-hydroxylation sites is 1. The first-order chi connectivity index (χ1) is 17.3. The van der Waals surface area contributed by atoms with E-state index >= 15 is 0 Å². The van der Waals surface area contributed by atoms with Crippen LogP contribution in [-0.4, -0.2) is 37.7 Å². The van der Waals surface area contributed by atoms with Crippen molar-refractivity contribution in [2.45, 2.75) is 6.92 Å². The molecule has 0 fully saturated rings. The minimum Gasteiger partial charge on any atom is -0.493 e. The second-order valence-electron chi connectivity index (χ2n) is 7.37. The van der Waals surface area contributed by atoms with E-state index in [1.54, 1.807) is 18.2 Å². The summed E-state index contributed by atoms with van der Waals surface area (Å²) in [6.07, 6.45) is 1.30. The predicted octanol–water partition coefficient (Wildman–Crippen LogP) is 3.85. The van der Waals surface area contributed by atoms with E-state index in [1.165, 1.54) is 31.5 Å². The molecule has 3 aromatic carbocycles. The van der Waals surface area contributed by atoms with Gasteiger partial charge in [-0.2, -0.15) is 5.10 Å². The van der Waals surface area contributed by atoms with Gasteiger partial charge in [0, 0.05) is 5.69 Å². The van der Waals surface area contributed by atoms with Crippen LogP contribution in [0, 0.1) is 16.3 Å². The number of carbonyl (C=O) groups excluding carboxylic acids is 3. The van der Waals surface area contributed by atoms with Gasteiger partial charge in [-0.15, -0.1) is 0 Å². The van der Waals surface area contributed by atoms with Crippen molar-refractivity contribution in [1.29, 1.82) is 0 Å². The Kier molecular flexibility index (Phi) is 9.33. The Morgan fingerprint density at radius 3 is 2.53 bits per heavy atom. The third-order valence-electron chi connectivity index (χ3n) is 4.61. The van der Waals surface area contributed by atoms with Crippen LogP contribution < -0.4 is 25.5 Å². The predicted molar refractivity (Wildman–Crippen MR) is 142 cm³/mol. The highest BCUT2D eigenvalue weighted by Gasteiger charge is 2.16. The standard InChI is InChI=1S/C25H22FIN4O5/c1-15-6-5-7-17(10-15)29-22(32)14-36-23-19(27)11-16(12-21(23)35-2)13-28-31-25(34)24(33)30-20-9-4-3-8-18(20)26/h3-13H,14H2,1-2H3,(H,29,32)(H,30,33)(H,31,34)/b28-13-. The van der Waals surface area contributed by atoms with E-state index in [4.69, 9.17) is 9.47 Å². The Bertz CT molecular complexity index is 1320. The van der Waals surface area contributed by atoms with Crippen molar-refractivity contribution in [2.24, 2.45) is 5.10 Å². The lowest BCUT2D eigenvalue weighted by Crippen LogP contribution is -2.32. The number of aryl methyl sites for hydroxylation is 1. The molecule has 3 N–H and O–H groups in total. The fraction of sp³-hybridized carbons (Fsp3) is 0.120. The number of nitrogens with zero attached hydrogens (tertiary/aromatic N) is 1. The molecule has 3 amide bonds. The van der Waals surface area contributed by atoms with Crippen LogP contribution in [0.4, 0.5) is 15.8 Å². The van der Waals surface area contributed by atoms with Crippen molar-refractivity contribution in [3.63, 3.8) is 0 Å². The molecule has 0 unspecified atom stereocenters. The minimum atomic E-state index is -1.07. The third kappa shape index (κ3) is 7.50. The molecule has 0 heterocycles. The lowest BCUT2D eigenvalue weighted by atomic mass is 10.2. The summed E-state index contributed by atoms with van der Waals surface area (Å²) in [7, 11) is 1.45. The summed E-state index contributed by atoms with van der Waals surface area (Å²) in [5, 5.41) is 8.69. The number of carbonyl (C=O) groups is 3. The first-order valence-corrected chi connectivity index (χ1v) is 11.6. The number of ether oxygens (including phenoxy) is 2. The molecule has 0 bridgehead atoms. The van der Waals surface area contributed by atoms with E-state index in [-0.39, 0.29) is 18.2 Å². The largest absolute Gasteiger partial charge is 0.493 e. The van der Waals surface area contributed by atoms with Gasteiger partial charge >= 0.3 is 11.8 Å². The average molecular weight is 604 g/mol. The maximum absolute atomic E-state index is 13.6. The number of anilines is 2. The van der Waals surface area contributed by atoms with Gasteiger partial charge in [0.05, 0.1) is 22.6 Å². The fourth-order valence-corrected chi connectivity index (χ4v) is 3.75. The molecule has 0 aromatic heterocycles. The van der Waals surface area contributed by atoms with E-state index < -0.39 is 17.6 Å². The quantitative estimate of drug-likeness (QED) is 0.156. The van der Waals surface area contributed by atoms with Gasteiger partial charge in [-0.1, -0.05) is 24.3 Å². The molecule has 36 heavy (non-hydrogen) atoms. The highest BCUT2D eigenvalue weighted by atomic mass is 127. The molecule has 11 heteroatoms. The summed E-state index contributed by atoms with van der Waals surface area (Å²) in [6, 6.07) is 16.1. The van der Waals surface area contributed by atoms with Crippen molar-refractivity contribution >= 4 is 57.9 Å². The van der Waals surface area contributed by atoms with Crippen molar-refractivity contribution in [1.82, 2.24) is 5.43 Å². The van der Waals surface area contributed by atoms with Crippen LogP contribution in [-0.2, 0) is 14.4 Å². The van der Waals surface area contributed by atoms with E-state index in [0.717, 1.165) is 11.6 Å². The smallest absolute Gasteiger partial charge is 0.329 e. The summed E-state index contributed by atoms with van der Waals surface area (Å²) >= 11 is 2.02. The van der Waals surface area contributed by atoms with Crippen LogP contribution in [0.5, 0.6) is 11.5 Å². The molecule has 0 spiro atoms. The monoisotopic (exact) mass is 604 g/mol. The van der Waals surface area contributed by atoms with Crippen LogP contribution in [0.3, 0.4) is 0 Å². The van der Waals surface area contributed by atoms with Gasteiger partial charge in [0.15, 0.2) is 18.1 Å². The Labute approximate surface area is 220 Å². The van der Waals surface area contributed by atoms with Gasteiger partial charge in [-0.05, 0) is 77.0 Å². The molecular weight excluding hydrogens is 582 g/mol. The van der Waals surface area contributed by atoms with Crippen molar-refractivity contribution in [2.75, 3.05) is 24.4 Å². The molecule has 0 saturated carbocycles. The lowest BCUT2D eigenvalue weighted by Gasteiger charge is -2.13. The summed E-state index contributed by atoms with van der Waals surface area (Å²) < 4.78 is 25.3. The maximum Gasteiger partial charge on any atom is 0.329 e. The molecule has 3 rings (SSSR count). The van der Waals surface area contributed by atoms with Crippen LogP contribution >= 0.6 is 22.6 Å². The van der Waals surface area contributed by atoms with Crippen molar-refractivity contribution < 1.29 is 28.2 Å². The first kappa shape index (κ1) is 26.6. The molecule has 186 valence electrons. The minimum absolute atomic E-state index is 0.121. The number of hydrogen-bond acceptors (Lipinski definition) is 6. The van der Waals surface area contributed by atoms with Gasteiger partial charge in [-0.25, -0.2) is 9.82 Å². The molecule has 3 aromatic rings. The van der Waals surface area contributed by atoms with Crippen molar-refractivity contribution in [3.8, 4) is 11.5 Å². The van der Waals surface area contributed by atoms with Crippen LogP contribution in [0.25, 0.3) is 0 Å². The zero-order chi connectivity index (χ0) is 26.1. The number of rotatable bonds is 8. The van der Waals surface area contributed by atoms with E-state index in [9.17, 15) is 18.8 Å². The van der Waals surface area contributed by atoms with Gasteiger partial charge in [0.25, 0.3) is 5.91 Å². The number of hydrogen-bond donors (Lipinski definition) is 3. The Morgan fingerprint density at radius 1 is 1.03 bits per heavy atom. The SMILES string of the molecule is COc1cc(/C=N\NC(=O)C(=O)Nc2ccccc2F)cc(I)c1OCC(=O)Nc1cccc(C)c1. The highest BCUT2D eigenvalue weighted by Crippen LogP contribution is 2.33. The number of amides is 3. The third-order valence-corrected chi connectivity index (χ3v) is 5.41. The Balaban J connectivity index is 1.59. The van der Waals surface area contributed by atoms with Crippen molar-refractivity contribution in [3.05, 3.63) is 81.2 Å². The Hall–Kier alpha value is -4.00. The first-order valence-electron chi connectivity index (χ1n) is 10.5. The molecule has 0 aliphatic heterocycles. The average Bonchev–Trinajstić information content (AvgIpc) is 2.84. The maximum atomic E-state index is 13.6. The number of hydrazone groups is 1. The molecule has 0 radical (unpaired) electrons. The van der Waals surface area contributed by atoms with E-state index in [0.29, 0.717) is 26.3 Å². The van der Waals surface area contributed by atoms with Gasteiger partial charge in [-0.3, -0.25) is 14.4 Å². The molecule has 0 atom stereocenters. The van der Waals surface area contributed by atoms with Gasteiger partial charge in [0.2, 0.25) is 0 Å². The van der Waals surface area contributed by atoms with E-state index in [2.05, 4.69) is 21.2 Å². The number of halogens is 2. The highest BCUT2D eigenvalue weighted by molar-refractivity contribution is 14.1. The molecule has 0 aliphatic rings. The summed E-state index contributed by atoms with van der Waals surface area (Å²) in [6.45, 7) is 1.69.